The van der Waals surface area contributed by atoms with Crippen molar-refractivity contribution in [1.29, 1.82) is 5.26 Å². The van der Waals surface area contributed by atoms with Crippen LogP contribution in [0.25, 0.3) is 0 Å². The Morgan fingerprint density at radius 3 is 2.77 bits per heavy atom. The number of aliphatic carboxylic acids is 1. The largest absolute Gasteiger partial charge is 0.480 e. The van der Waals surface area contributed by atoms with Gasteiger partial charge in [-0.2, -0.15) is 5.26 Å². The third-order valence-corrected chi connectivity index (χ3v) is 2.68. The first-order valence-corrected chi connectivity index (χ1v) is 4.37. The van der Waals surface area contributed by atoms with Gasteiger partial charge in [-0.15, -0.1) is 0 Å². The standard InChI is InChI=1S/C9H14N2O2/c1-7(8(12)13)11-4-3-9(2,5-10)6-11/h7H,3-4,6H2,1-2H3,(H,12,13). The molecule has 0 bridgehead atoms. The molecule has 1 aliphatic rings. The highest BCUT2D eigenvalue weighted by atomic mass is 16.4. The molecule has 0 amide bonds. The van der Waals surface area contributed by atoms with Crippen molar-refractivity contribution in [1.82, 2.24) is 4.90 Å². The lowest BCUT2D eigenvalue weighted by Crippen LogP contribution is -2.38. The maximum atomic E-state index is 10.7. The molecule has 1 rings (SSSR count). The average Bonchev–Trinajstić information content (AvgIpc) is 2.47. The molecule has 1 N–H and O–H groups in total. The van der Waals surface area contributed by atoms with E-state index in [2.05, 4.69) is 6.07 Å². The smallest absolute Gasteiger partial charge is 0.320 e. The third kappa shape index (κ3) is 1.99. The van der Waals surface area contributed by atoms with Crippen molar-refractivity contribution in [2.24, 2.45) is 5.41 Å². The van der Waals surface area contributed by atoms with Gasteiger partial charge < -0.3 is 5.11 Å². The highest BCUT2D eigenvalue weighted by Gasteiger charge is 2.37. The zero-order chi connectivity index (χ0) is 10.1. The van der Waals surface area contributed by atoms with Gasteiger partial charge in [0.05, 0.1) is 11.5 Å². The summed E-state index contributed by atoms with van der Waals surface area (Å²) in [6, 6.07) is 1.75. The second kappa shape index (κ2) is 3.35. The van der Waals surface area contributed by atoms with Crippen LogP contribution in [-0.2, 0) is 4.79 Å². The molecule has 72 valence electrons. The number of hydrogen-bond acceptors (Lipinski definition) is 3. The molecule has 2 unspecified atom stereocenters. The second-order valence-electron chi connectivity index (χ2n) is 3.91. The molecule has 1 fully saturated rings. The molecule has 0 aromatic carbocycles. The van der Waals surface area contributed by atoms with Gasteiger partial charge in [0.25, 0.3) is 0 Å². The number of hydrogen-bond donors (Lipinski definition) is 1. The van der Waals surface area contributed by atoms with Gasteiger partial charge >= 0.3 is 5.97 Å². The van der Waals surface area contributed by atoms with E-state index in [-0.39, 0.29) is 5.41 Å². The fourth-order valence-electron chi connectivity index (χ4n) is 1.57. The van der Waals surface area contributed by atoms with Crippen LogP contribution in [0.3, 0.4) is 0 Å². The highest BCUT2D eigenvalue weighted by Crippen LogP contribution is 2.29. The first kappa shape index (κ1) is 10.0. The lowest BCUT2D eigenvalue weighted by molar-refractivity contribution is -0.142. The molecule has 4 nitrogen and oxygen atoms in total. The van der Waals surface area contributed by atoms with Gasteiger partial charge in [-0.1, -0.05) is 0 Å². The van der Waals surface area contributed by atoms with E-state index in [1.54, 1.807) is 6.92 Å². The molecule has 1 saturated heterocycles. The van der Waals surface area contributed by atoms with Crippen LogP contribution in [-0.4, -0.2) is 35.1 Å². The fourth-order valence-corrected chi connectivity index (χ4v) is 1.57. The van der Waals surface area contributed by atoms with Crippen molar-refractivity contribution in [3.05, 3.63) is 0 Å². The quantitative estimate of drug-likeness (QED) is 0.682. The Morgan fingerprint density at radius 2 is 2.38 bits per heavy atom. The number of carboxylic acid groups (broad SMARTS) is 1. The number of likely N-dealkylation sites (tertiary alicyclic amines) is 1. The molecular weight excluding hydrogens is 168 g/mol. The Labute approximate surface area is 77.8 Å². The van der Waals surface area contributed by atoms with E-state index >= 15 is 0 Å². The number of carboxylic acids is 1. The zero-order valence-corrected chi connectivity index (χ0v) is 7.95. The summed E-state index contributed by atoms with van der Waals surface area (Å²) in [5.74, 6) is -0.817. The summed E-state index contributed by atoms with van der Waals surface area (Å²) in [6.07, 6.45) is 0.765. The van der Waals surface area contributed by atoms with Gasteiger partial charge in [0, 0.05) is 13.1 Å². The van der Waals surface area contributed by atoms with Gasteiger partial charge in [0.2, 0.25) is 0 Å². The van der Waals surface area contributed by atoms with Crippen molar-refractivity contribution in [3.63, 3.8) is 0 Å². The molecule has 2 atom stereocenters. The monoisotopic (exact) mass is 182 g/mol. The summed E-state index contributed by atoms with van der Waals surface area (Å²) in [7, 11) is 0. The van der Waals surface area contributed by atoms with Crippen LogP contribution in [0.4, 0.5) is 0 Å². The van der Waals surface area contributed by atoms with E-state index in [1.807, 2.05) is 11.8 Å². The maximum Gasteiger partial charge on any atom is 0.320 e. The lowest BCUT2D eigenvalue weighted by atomic mass is 9.92. The normalized spacial score (nSPS) is 31.2. The molecule has 0 radical (unpaired) electrons. The summed E-state index contributed by atoms with van der Waals surface area (Å²) in [6.45, 7) is 4.81. The predicted octanol–water partition coefficient (Wildman–Crippen LogP) is 0.695. The van der Waals surface area contributed by atoms with E-state index in [0.29, 0.717) is 13.1 Å². The first-order valence-electron chi connectivity index (χ1n) is 4.37. The fraction of sp³-hybridized carbons (Fsp3) is 0.778. The van der Waals surface area contributed by atoms with Gasteiger partial charge in [0.15, 0.2) is 0 Å². The summed E-state index contributed by atoms with van der Waals surface area (Å²) in [5.41, 5.74) is -0.357. The Kier molecular flexibility index (Phi) is 2.58. The van der Waals surface area contributed by atoms with E-state index in [0.717, 1.165) is 6.42 Å². The molecule has 0 aromatic rings. The van der Waals surface area contributed by atoms with Crippen LogP contribution in [0.1, 0.15) is 20.3 Å². The molecule has 0 aromatic heterocycles. The summed E-state index contributed by atoms with van der Waals surface area (Å²) in [5, 5.41) is 17.6. The van der Waals surface area contributed by atoms with Gasteiger partial charge in [0.1, 0.15) is 6.04 Å². The third-order valence-electron chi connectivity index (χ3n) is 2.68. The predicted molar refractivity (Wildman–Crippen MR) is 47.0 cm³/mol. The van der Waals surface area contributed by atoms with Crippen LogP contribution in [0.15, 0.2) is 0 Å². The molecule has 4 heteroatoms. The minimum Gasteiger partial charge on any atom is -0.480 e. The Bertz CT molecular complexity index is 259. The molecule has 1 aliphatic heterocycles. The minimum absolute atomic E-state index is 0.357. The second-order valence-corrected chi connectivity index (χ2v) is 3.91. The Morgan fingerprint density at radius 1 is 1.77 bits per heavy atom. The summed E-state index contributed by atoms with van der Waals surface area (Å²) >= 11 is 0. The van der Waals surface area contributed by atoms with E-state index < -0.39 is 12.0 Å². The van der Waals surface area contributed by atoms with E-state index in [4.69, 9.17) is 10.4 Å². The van der Waals surface area contributed by atoms with Crippen molar-refractivity contribution in [2.75, 3.05) is 13.1 Å². The minimum atomic E-state index is -0.817. The number of nitriles is 1. The SMILES string of the molecule is CC(C(=O)O)N1CCC(C)(C#N)C1. The first-order chi connectivity index (χ1) is 5.98. The number of carbonyl (C=O) groups is 1. The van der Waals surface area contributed by atoms with Crippen molar-refractivity contribution in [3.8, 4) is 6.07 Å². The topological polar surface area (TPSA) is 64.3 Å². The molecule has 1 heterocycles. The average molecular weight is 182 g/mol. The van der Waals surface area contributed by atoms with Crippen molar-refractivity contribution >= 4 is 5.97 Å². The molecule has 0 saturated carbocycles. The molecule has 0 spiro atoms. The molecule has 13 heavy (non-hydrogen) atoms. The van der Waals surface area contributed by atoms with Crippen LogP contribution >= 0.6 is 0 Å². The van der Waals surface area contributed by atoms with Gasteiger partial charge in [-0.25, -0.2) is 0 Å². The van der Waals surface area contributed by atoms with Crippen LogP contribution in [0.5, 0.6) is 0 Å². The van der Waals surface area contributed by atoms with Crippen LogP contribution < -0.4 is 0 Å². The van der Waals surface area contributed by atoms with Crippen LogP contribution in [0, 0.1) is 16.7 Å². The number of rotatable bonds is 2. The maximum absolute atomic E-state index is 10.7. The van der Waals surface area contributed by atoms with Crippen molar-refractivity contribution < 1.29 is 9.90 Å². The zero-order valence-electron chi connectivity index (χ0n) is 7.95. The highest BCUT2D eigenvalue weighted by molar-refractivity contribution is 5.72. The Balaban J connectivity index is 2.61. The Hall–Kier alpha value is -1.08. The number of nitrogens with zero attached hydrogens (tertiary/aromatic N) is 2. The molecular formula is C9H14N2O2. The molecule has 0 aliphatic carbocycles. The van der Waals surface area contributed by atoms with E-state index in [9.17, 15) is 4.79 Å². The van der Waals surface area contributed by atoms with Crippen LogP contribution in [0.2, 0.25) is 0 Å². The lowest BCUT2D eigenvalue weighted by Gasteiger charge is -2.21. The van der Waals surface area contributed by atoms with E-state index in [1.165, 1.54) is 0 Å². The van der Waals surface area contributed by atoms with Crippen molar-refractivity contribution in [2.45, 2.75) is 26.3 Å². The van der Waals surface area contributed by atoms with Gasteiger partial charge in [-0.05, 0) is 20.3 Å². The summed E-state index contributed by atoms with van der Waals surface area (Å²) < 4.78 is 0. The van der Waals surface area contributed by atoms with Gasteiger partial charge in [-0.3, -0.25) is 9.69 Å². The summed E-state index contributed by atoms with van der Waals surface area (Å²) in [4.78, 5) is 12.5.